The molecule has 1 fully saturated rings. The van der Waals surface area contributed by atoms with E-state index in [0.29, 0.717) is 30.9 Å². The first-order valence-electron chi connectivity index (χ1n) is 15.7. The van der Waals surface area contributed by atoms with E-state index in [2.05, 4.69) is 4.90 Å². The van der Waals surface area contributed by atoms with E-state index >= 15 is 0 Å². The van der Waals surface area contributed by atoms with E-state index in [1.165, 1.54) is 37.5 Å². The molecular weight excluding hydrogens is 662 g/mol. The number of carboxylic acid groups (broad SMARTS) is 2. The Morgan fingerprint density at radius 1 is 0.980 bits per heavy atom. The van der Waals surface area contributed by atoms with Gasteiger partial charge in [0.2, 0.25) is 12.2 Å². The molecule has 1 spiro atoms. The highest BCUT2D eigenvalue weighted by atomic mass is 16.6. The van der Waals surface area contributed by atoms with Crippen molar-refractivity contribution in [2.45, 2.75) is 73.3 Å². The van der Waals surface area contributed by atoms with Crippen molar-refractivity contribution in [1.29, 1.82) is 0 Å². The molecule has 2 aromatic rings. The molecule has 2 heterocycles. The van der Waals surface area contributed by atoms with Crippen molar-refractivity contribution in [2.75, 3.05) is 20.7 Å². The van der Waals surface area contributed by atoms with Crippen LogP contribution in [0.15, 0.2) is 54.3 Å². The van der Waals surface area contributed by atoms with Crippen molar-refractivity contribution >= 4 is 29.8 Å². The minimum Gasteiger partial charge on any atom is -0.493 e. The Hall–Kier alpha value is -5.03. The van der Waals surface area contributed by atoms with Crippen LogP contribution in [0.2, 0.25) is 0 Å². The minimum atomic E-state index is -2.61. The number of esters is 3. The minimum absolute atomic E-state index is 0.0506. The molecule has 0 saturated carbocycles. The zero-order chi connectivity index (χ0) is 36.1. The molecule has 16 nitrogen and oxygen atoms in total. The highest BCUT2D eigenvalue weighted by Gasteiger charge is 2.72. The predicted molar refractivity (Wildman–Crippen MR) is 165 cm³/mol. The largest absolute Gasteiger partial charge is 0.493 e. The fourth-order valence-corrected chi connectivity index (χ4v) is 7.63. The first-order chi connectivity index (χ1) is 23.7. The van der Waals surface area contributed by atoms with Crippen LogP contribution in [-0.2, 0) is 50.0 Å². The van der Waals surface area contributed by atoms with Gasteiger partial charge < -0.3 is 54.1 Å². The fourth-order valence-electron chi connectivity index (χ4n) is 7.63. The standard InChI is InChI=1S/C34H35NO15/c1-35-13-12-33-23-17-8-9-18(46-2)27(23)49-28(33)19(10-11-34(33,45)21(35)14-17)47-30(42)24(38)25(39)31(43)50-26(16-6-4-3-5-7-16)32(44)48-20(29(40)41)15-22(36)37/h3-10,20-21,24-26,28,38-39,45H,11-15H2,1-2H3,(H,36,37)(H,40,41)/t20-,21-,24+,25+,26-,28+,33+,34-/m0/s1. The van der Waals surface area contributed by atoms with Crippen LogP contribution >= 0.6 is 0 Å². The number of nitrogens with zero attached hydrogens (tertiary/aromatic N) is 1. The number of carboxylic acids is 2. The number of ether oxygens (including phenoxy) is 5. The van der Waals surface area contributed by atoms with E-state index in [1.54, 1.807) is 12.1 Å². The van der Waals surface area contributed by atoms with Crippen LogP contribution < -0.4 is 9.47 Å². The van der Waals surface area contributed by atoms with Crippen LogP contribution in [-0.4, -0.2) is 117 Å². The highest BCUT2D eigenvalue weighted by molar-refractivity contribution is 5.89. The van der Waals surface area contributed by atoms with Crippen LogP contribution in [0.3, 0.4) is 0 Å². The van der Waals surface area contributed by atoms with Gasteiger partial charge in [-0.2, -0.15) is 0 Å². The predicted octanol–water partition coefficient (Wildman–Crippen LogP) is -0.00650. The molecule has 16 heteroatoms. The maximum Gasteiger partial charge on any atom is 0.353 e. The molecule has 2 aliphatic carbocycles. The molecule has 4 aliphatic rings. The van der Waals surface area contributed by atoms with Gasteiger partial charge in [-0.15, -0.1) is 0 Å². The Kier molecular flexibility index (Phi) is 9.07. The summed E-state index contributed by atoms with van der Waals surface area (Å²) in [6, 6.07) is 10.4. The van der Waals surface area contributed by atoms with Crippen molar-refractivity contribution in [1.82, 2.24) is 4.90 Å². The summed E-state index contributed by atoms with van der Waals surface area (Å²) in [5.41, 5.74) is -0.721. The average molecular weight is 698 g/mol. The second-order valence-corrected chi connectivity index (χ2v) is 12.7. The number of aliphatic hydroxyl groups is 3. The highest BCUT2D eigenvalue weighted by Crippen LogP contribution is 2.65. The van der Waals surface area contributed by atoms with Gasteiger partial charge in [-0.1, -0.05) is 36.4 Å². The summed E-state index contributed by atoms with van der Waals surface area (Å²) in [6.45, 7) is 0.589. The van der Waals surface area contributed by atoms with Crippen molar-refractivity contribution in [3.63, 3.8) is 0 Å². The number of likely N-dealkylation sites (N-methyl/N-ethyl adjacent to an activating group) is 1. The lowest BCUT2D eigenvalue weighted by atomic mass is 9.50. The molecule has 50 heavy (non-hydrogen) atoms. The molecule has 2 aromatic carbocycles. The summed E-state index contributed by atoms with van der Waals surface area (Å²) in [6.07, 6.45) is -8.94. The van der Waals surface area contributed by atoms with Gasteiger partial charge in [-0.05, 0) is 44.1 Å². The van der Waals surface area contributed by atoms with E-state index in [-0.39, 0.29) is 23.8 Å². The number of aliphatic carboxylic acids is 2. The van der Waals surface area contributed by atoms with Crippen molar-refractivity contribution in [3.05, 3.63) is 71.0 Å². The molecule has 0 radical (unpaired) electrons. The van der Waals surface area contributed by atoms with Crippen molar-refractivity contribution < 1.29 is 73.2 Å². The lowest BCUT2D eigenvalue weighted by Gasteiger charge is -2.61. The molecule has 0 aromatic heterocycles. The van der Waals surface area contributed by atoms with Gasteiger partial charge in [0.1, 0.15) is 5.76 Å². The Labute approximate surface area is 284 Å². The molecule has 0 unspecified atom stereocenters. The first-order valence-corrected chi connectivity index (χ1v) is 15.7. The van der Waals surface area contributed by atoms with Crippen LogP contribution in [0.1, 0.15) is 42.1 Å². The number of piperidine rings is 1. The number of hydrogen-bond donors (Lipinski definition) is 5. The molecule has 2 aliphatic heterocycles. The summed E-state index contributed by atoms with van der Waals surface area (Å²) in [5, 5.41) is 52.0. The number of carbonyl (C=O) groups is 5. The quantitative estimate of drug-likeness (QED) is 0.145. The third kappa shape index (κ3) is 5.53. The zero-order valence-electron chi connectivity index (χ0n) is 26.9. The van der Waals surface area contributed by atoms with Crippen molar-refractivity contribution in [2.24, 2.45) is 0 Å². The molecule has 6 rings (SSSR count). The van der Waals surface area contributed by atoms with Crippen molar-refractivity contribution in [3.8, 4) is 11.5 Å². The van der Waals surface area contributed by atoms with Crippen LogP contribution in [0.5, 0.6) is 11.5 Å². The maximum atomic E-state index is 13.3. The van der Waals surface area contributed by atoms with E-state index in [9.17, 15) is 44.4 Å². The third-order valence-corrected chi connectivity index (χ3v) is 10.0. The summed E-state index contributed by atoms with van der Waals surface area (Å²) in [5.74, 6) is -7.24. The molecule has 5 N–H and O–H groups in total. The number of hydrogen-bond acceptors (Lipinski definition) is 14. The van der Waals surface area contributed by atoms with Crippen LogP contribution in [0, 0.1) is 0 Å². The lowest BCUT2D eigenvalue weighted by molar-refractivity contribution is -0.187. The second kappa shape index (κ2) is 13.0. The number of benzene rings is 2. The Morgan fingerprint density at radius 3 is 2.34 bits per heavy atom. The van der Waals surface area contributed by atoms with E-state index in [4.69, 9.17) is 28.8 Å². The van der Waals surface area contributed by atoms with Crippen LogP contribution in [0.25, 0.3) is 0 Å². The Morgan fingerprint density at radius 2 is 1.68 bits per heavy atom. The van der Waals surface area contributed by atoms with Gasteiger partial charge in [0, 0.05) is 23.6 Å². The van der Waals surface area contributed by atoms with Gasteiger partial charge in [0.15, 0.2) is 29.8 Å². The van der Waals surface area contributed by atoms with Gasteiger partial charge in [-0.3, -0.25) is 4.79 Å². The van der Waals surface area contributed by atoms with E-state index < -0.39 is 77.8 Å². The normalized spacial score (nSPS) is 26.9. The zero-order valence-corrected chi connectivity index (χ0v) is 26.9. The summed E-state index contributed by atoms with van der Waals surface area (Å²) in [7, 11) is 3.40. The topological polar surface area (TPSA) is 236 Å². The molecule has 0 amide bonds. The summed E-state index contributed by atoms with van der Waals surface area (Å²) < 4.78 is 27.4. The second-order valence-electron chi connectivity index (χ2n) is 12.7. The summed E-state index contributed by atoms with van der Waals surface area (Å²) >= 11 is 0. The van der Waals surface area contributed by atoms with Crippen LogP contribution in [0.4, 0.5) is 0 Å². The monoisotopic (exact) mass is 697 g/mol. The van der Waals surface area contributed by atoms with E-state index in [0.717, 1.165) is 11.1 Å². The molecular formula is C34H35NO15. The first kappa shape index (κ1) is 34.8. The van der Waals surface area contributed by atoms with Gasteiger partial charge in [0.05, 0.1) is 24.5 Å². The number of likely N-dealkylation sites (tertiary alicyclic amines) is 1. The number of methoxy groups -OCH3 is 1. The average Bonchev–Trinajstić information content (AvgIpc) is 3.45. The number of rotatable bonds is 12. The smallest absolute Gasteiger partial charge is 0.353 e. The Bertz CT molecular complexity index is 1760. The third-order valence-electron chi connectivity index (χ3n) is 10.0. The molecule has 1 saturated heterocycles. The molecule has 2 bridgehead atoms. The van der Waals surface area contributed by atoms with Gasteiger partial charge >= 0.3 is 29.8 Å². The van der Waals surface area contributed by atoms with E-state index in [1.807, 2.05) is 13.1 Å². The lowest BCUT2D eigenvalue weighted by Crippen LogP contribution is -2.74. The fraction of sp³-hybridized carbons (Fsp3) is 0.441. The molecule has 266 valence electrons. The number of aliphatic hydroxyl groups excluding tert-OH is 2. The van der Waals surface area contributed by atoms with Gasteiger partial charge in [-0.25, -0.2) is 19.2 Å². The Balaban J connectivity index is 1.21. The summed E-state index contributed by atoms with van der Waals surface area (Å²) in [4.78, 5) is 63.9. The maximum absolute atomic E-state index is 13.3. The SMILES string of the molecule is COc1ccc2c3c1O[C@@H]1C(OC(=O)[C@H](O)[C@@H](O)C(=O)O[C@H](C(=O)O[C@@H](CC(=O)O)C(=O)O)c4ccccc4)=CC[C@]4(O)[C@H](C2)N(C)CC[C@@]314. The molecule has 8 atom stereocenters. The number of carbonyl (C=O) groups excluding carboxylic acids is 3. The van der Waals surface area contributed by atoms with Gasteiger partial charge in [0.25, 0.3) is 0 Å².